The molecule has 1 aromatic carbocycles. The maximum atomic E-state index is 11.6. The monoisotopic (exact) mass is 373 g/mol. The molecular formula is C18H20ClN5O2. The molecule has 0 aliphatic heterocycles. The van der Waals surface area contributed by atoms with Gasteiger partial charge in [-0.05, 0) is 56.4 Å². The molecule has 1 heterocycles. The van der Waals surface area contributed by atoms with E-state index in [-0.39, 0.29) is 17.3 Å². The molecule has 0 bridgehead atoms. The number of allylic oxidation sites excluding steroid dienone is 1. The summed E-state index contributed by atoms with van der Waals surface area (Å²) < 4.78 is 0. The molecule has 136 valence electrons. The third-order valence-corrected chi connectivity index (χ3v) is 4.49. The average molecular weight is 374 g/mol. The topological polar surface area (TPSA) is 93.0 Å². The van der Waals surface area contributed by atoms with Crippen LogP contribution in [0.2, 0.25) is 5.02 Å². The van der Waals surface area contributed by atoms with Crippen LogP contribution >= 0.6 is 11.6 Å². The number of benzene rings is 1. The van der Waals surface area contributed by atoms with E-state index >= 15 is 0 Å². The Morgan fingerprint density at radius 3 is 2.62 bits per heavy atom. The van der Waals surface area contributed by atoms with E-state index in [2.05, 4.69) is 26.7 Å². The first-order chi connectivity index (χ1) is 12.6. The molecule has 2 N–H and O–H groups in total. The van der Waals surface area contributed by atoms with Crippen molar-refractivity contribution in [2.24, 2.45) is 0 Å². The minimum Gasteiger partial charge on any atom is -0.364 e. The molecule has 0 saturated heterocycles. The van der Waals surface area contributed by atoms with Crippen molar-refractivity contribution in [3.63, 3.8) is 0 Å². The van der Waals surface area contributed by atoms with E-state index in [0.717, 1.165) is 19.3 Å². The van der Waals surface area contributed by atoms with E-state index in [0.29, 0.717) is 17.3 Å². The predicted molar refractivity (Wildman–Crippen MR) is 103 cm³/mol. The van der Waals surface area contributed by atoms with Crippen LogP contribution in [0.4, 0.5) is 23.0 Å². The molecule has 0 atom stereocenters. The van der Waals surface area contributed by atoms with Crippen LogP contribution in [0, 0.1) is 10.1 Å². The van der Waals surface area contributed by atoms with Crippen molar-refractivity contribution in [3.8, 4) is 0 Å². The van der Waals surface area contributed by atoms with Gasteiger partial charge in [-0.1, -0.05) is 23.3 Å². The molecule has 2 aromatic rings. The van der Waals surface area contributed by atoms with Gasteiger partial charge in [0.2, 0.25) is 11.6 Å². The molecule has 26 heavy (non-hydrogen) atoms. The standard InChI is InChI=1S/C18H20ClN5O2/c19-14-6-8-15(9-7-14)23-18-16(24(25)26)17(21-12-22-18)20-11-10-13-4-2-1-3-5-13/h4,6-9,12H,1-3,5,10-11H2,(H2,20,21,22,23). The summed E-state index contributed by atoms with van der Waals surface area (Å²) in [4.78, 5) is 19.2. The molecule has 0 fully saturated rings. The van der Waals surface area contributed by atoms with Crippen molar-refractivity contribution in [2.75, 3.05) is 17.2 Å². The average Bonchev–Trinajstić information content (AvgIpc) is 2.64. The quantitative estimate of drug-likeness (QED) is 0.399. The second kappa shape index (κ2) is 8.62. The van der Waals surface area contributed by atoms with Crippen LogP contribution in [0.25, 0.3) is 0 Å². The Morgan fingerprint density at radius 2 is 1.92 bits per heavy atom. The zero-order chi connectivity index (χ0) is 18.4. The number of nitrogens with one attached hydrogen (secondary N) is 2. The van der Waals surface area contributed by atoms with E-state index in [1.807, 2.05) is 0 Å². The number of aromatic nitrogens is 2. The molecule has 7 nitrogen and oxygen atoms in total. The summed E-state index contributed by atoms with van der Waals surface area (Å²) in [7, 11) is 0. The zero-order valence-electron chi connectivity index (χ0n) is 14.2. The van der Waals surface area contributed by atoms with E-state index < -0.39 is 4.92 Å². The van der Waals surface area contributed by atoms with Gasteiger partial charge in [0, 0.05) is 17.3 Å². The largest absolute Gasteiger partial charge is 0.364 e. The highest BCUT2D eigenvalue weighted by molar-refractivity contribution is 6.30. The van der Waals surface area contributed by atoms with Gasteiger partial charge in [-0.15, -0.1) is 0 Å². The maximum absolute atomic E-state index is 11.6. The molecule has 0 spiro atoms. The Bertz CT molecular complexity index is 808. The number of hydrogen-bond donors (Lipinski definition) is 2. The fraction of sp³-hybridized carbons (Fsp3) is 0.333. The Hall–Kier alpha value is -2.67. The second-order valence-corrected chi connectivity index (χ2v) is 6.53. The van der Waals surface area contributed by atoms with Gasteiger partial charge in [-0.25, -0.2) is 9.97 Å². The van der Waals surface area contributed by atoms with Gasteiger partial charge in [0.1, 0.15) is 6.33 Å². The van der Waals surface area contributed by atoms with Gasteiger partial charge in [-0.3, -0.25) is 10.1 Å². The summed E-state index contributed by atoms with van der Waals surface area (Å²) in [6.45, 7) is 0.601. The predicted octanol–water partition coefficient (Wildman–Crippen LogP) is 5.08. The molecule has 1 aliphatic carbocycles. The van der Waals surface area contributed by atoms with Crippen LogP contribution in [-0.4, -0.2) is 21.4 Å². The Kier molecular flexibility index (Phi) is 6.01. The third-order valence-electron chi connectivity index (χ3n) is 4.24. The zero-order valence-corrected chi connectivity index (χ0v) is 15.0. The normalized spacial score (nSPS) is 13.8. The highest BCUT2D eigenvalue weighted by atomic mass is 35.5. The molecule has 0 saturated carbocycles. The fourth-order valence-electron chi connectivity index (χ4n) is 2.92. The molecule has 0 amide bonds. The number of nitrogens with zero attached hydrogens (tertiary/aromatic N) is 3. The van der Waals surface area contributed by atoms with Gasteiger partial charge in [0.25, 0.3) is 0 Å². The summed E-state index contributed by atoms with van der Waals surface area (Å²) in [6.07, 6.45) is 9.14. The Balaban J connectivity index is 1.73. The Morgan fingerprint density at radius 1 is 1.15 bits per heavy atom. The van der Waals surface area contributed by atoms with Crippen LogP contribution in [-0.2, 0) is 0 Å². The van der Waals surface area contributed by atoms with E-state index in [9.17, 15) is 10.1 Å². The second-order valence-electron chi connectivity index (χ2n) is 6.09. The van der Waals surface area contributed by atoms with Crippen LogP contribution < -0.4 is 10.6 Å². The van der Waals surface area contributed by atoms with Crippen molar-refractivity contribution in [3.05, 3.63) is 57.4 Å². The minimum atomic E-state index is -0.472. The molecule has 3 rings (SSSR count). The van der Waals surface area contributed by atoms with Gasteiger partial charge in [-0.2, -0.15) is 0 Å². The summed E-state index contributed by atoms with van der Waals surface area (Å²) >= 11 is 5.87. The van der Waals surface area contributed by atoms with Gasteiger partial charge >= 0.3 is 5.69 Å². The van der Waals surface area contributed by atoms with Crippen LogP contribution in [0.1, 0.15) is 32.1 Å². The lowest BCUT2D eigenvalue weighted by Gasteiger charge is -2.13. The van der Waals surface area contributed by atoms with Crippen molar-refractivity contribution in [2.45, 2.75) is 32.1 Å². The molecule has 0 unspecified atom stereocenters. The first-order valence-electron chi connectivity index (χ1n) is 8.57. The number of nitro groups is 1. The number of hydrogen-bond acceptors (Lipinski definition) is 6. The Labute approximate surface area is 156 Å². The van der Waals surface area contributed by atoms with E-state index in [1.54, 1.807) is 24.3 Å². The summed E-state index contributed by atoms with van der Waals surface area (Å²) in [5.41, 5.74) is 1.90. The third kappa shape index (κ3) is 4.70. The summed E-state index contributed by atoms with van der Waals surface area (Å²) in [5, 5.41) is 18.2. The molecule has 1 aromatic heterocycles. The first-order valence-corrected chi connectivity index (χ1v) is 8.95. The number of halogens is 1. The van der Waals surface area contributed by atoms with Gasteiger partial charge in [0.05, 0.1) is 4.92 Å². The highest BCUT2D eigenvalue weighted by Gasteiger charge is 2.23. The molecule has 1 aliphatic rings. The minimum absolute atomic E-state index is 0.145. The summed E-state index contributed by atoms with van der Waals surface area (Å²) in [6, 6.07) is 6.87. The highest BCUT2D eigenvalue weighted by Crippen LogP contribution is 2.31. The van der Waals surface area contributed by atoms with Crippen LogP contribution in [0.5, 0.6) is 0 Å². The summed E-state index contributed by atoms with van der Waals surface area (Å²) in [5.74, 6) is 0.365. The number of anilines is 3. The van der Waals surface area contributed by atoms with Crippen LogP contribution in [0.3, 0.4) is 0 Å². The van der Waals surface area contributed by atoms with Crippen LogP contribution in [0.15, 0.2) is 42.2 Å². The lowest BCUT2D eigenvalue weighted by molar-refractivity contribution is -0.383. The van der Waals surface area contributed by atoms with Crippen molar-refractivity contribution in [1.82, 2.24) is 9.97 Å². The smallest absolute Gasteiger partial charge is 0.353 e. The lowest BCUT2D eigenvalue weighted by Crippen LogP contribution is -2.10. The number of rotatable bonds is 7. The van der Waals surface area contributed by atoms with Crippen molar-refractivity contribution >= 4 is 34.6 Å². The molecule has 8 heteroatoms. The van der Waals surface area contributed by atoms with E-state index in [1.165, 1.54) is 24.7 Å². The fourth-order valence-corrected chi connectivity index (χ4v) is 3.04. The van der Waals surface area contributed by atoms with Gasteiger partial charge in [0.15, 0.2) is 0 Å². The van der Waals surface area contributed by atoms with Crippen molar-refractivity contribution < 1.29 is 4.92 Å². The van der Waals surface area contributed by atoms with Crippen molar-refractivity contribution in [1.29, 1.82) is 0 Å². The first kappa shape index (κ1) is 18.1. The molecule has 0 radical (unpaired) electrons. The van der Waals surface area contributed by atoms with Gasteiger partial charge < -0.3 is 10.6 Å². The SMILES string of the molecule is O=[N+]([O-])c1c(NCCC2=CCCCC2)ncnc1Nc1ccc(Cl)cc1. The maximum Gasteiger partial charge on any atom is 0.353 e. The van der Waals surface area contributed by atoms with E-state index in [4.69, 9.17) is 11.6 Å². The molecular weight excluding hydrogens is 354 g/mol. The lowest BCUT2D eigenvalue weighted by atomic mass is 9.97.